The summed E-state index contributed by atoms with van der Waals surface area (Å²) in [6, 6.07) is 0. The lowest BCUT2D eigenvalue weighted by molar-refractivity contribution is -0.167. The lowest BCUT2D eigenvalue weighted by Crippen LogP contribution is -2.30. The molecule has 6 heteroatoms. The molecule has 0 amide bonds. The van der Waals surface area contributed by atoms with Crippen LogP contribution in [0.25, 0.3) is 0 Å². The van der Waals surface area contributed by atoms with Crippen LogP contribution < -0.4 is 0 Å². The first-order chi connectivity index (χ1) is 31.5. The molecule has 0 rings (SSSR count). The third kappa shape index (κ3) is 50.9. The Kier molecular flexibility index (Phi) is 51.7. The van der Waals surface area contributed by atoms with Gasteiger partial charge in [-0.3, -0.25) is 14.4 Å². The first-order valence-corrected chi connectivity index (χ1v) is 28.3. The molecule has 0 spiro atoms. The van der Waals surface area contributed by atoms with Crippen molar-refractivity contribution in [3.63, 3.8) is 0 Å². The van der Waals surface area contributed by atoms with Crippen molar-refractivity contribution in [1.29, 1.82) is 0 Å². The Morgan fingerprint density at radius 1 is 0.297 bits per heavy atom. The van der Waals surface area contributed by atoms with E-state index in [2.05, 4.69) is 45.1 Å². The van der Waals surface area contributed by atoms with Gasteiger partial charge in [0.2, 0.25) is 0 Å². The molecular formula is C58H108O6. The summed E-state index contributed by atoms with van der Waals surface area (Å²) >= 11 is 0. The van der Waals surface area contributed by atoms with Gasteiger partial charge in [-0.25, -0.2) is 0 Å². The molecule has 0 bridgehead atoms. The smallest absolute Gasteiger partial charge is 0.306 e. The van der Waals surface area contributed by atoms with Crippen LogP contribution in [0.2, 0.25) is 0 Å². The number of rotatable bonds is 52. The molecule has 0 aromatic carbocycles. The van der Waals surface area contributed by atoms with Gasteiger partial charge in [-0.2, -0.15) is 0 Å². The Labute approximate surface area is 398 Å². The molecule has 0 radical (unpaired) electrons. The average molecular weight is 901 g/mol. The van der Waals surface area contributed by atoms with Crippen LogP contribution in [0.3, 0.4) is 0 Å². The van der Waals surface area contributed by atoms with E-state index in [1.54, 1.807) is 0 Å². The lowest BCUT2D eigenvalue weighted by Gasteiger charge is -2.18. The molecule has 0 saturated carbocycles. The molecule has 376 valence electrons. The van der Waals surface area contributed by atoms with E-state index < -0.39 is 6.10 Å². The van der Waals surface area contributed by atoms with Crippen molar-refractivity contribution in [2.45, 2.75) is 316 Å². The third-order valence-corrected chi connectivity index (χ3v) is 12.7. The first-order valence-electron chi connectivity index (χ1n) is 28.3. The zero-order valence-electron chi connectivity index (χ0n) is 43.1. The molecule has 1 atom stereocenters. The van der Waals surface area contributed by atoms with Crippen molar-refractivity contribution in [2.24, 2.45) is 0 Å². The molecule has 0 saturated heterocycles. The monoisotopic (exact) mass is 901 g/mol. The summed E-state index contributed by atoms with van der Waals surface area (Å²) in [6.45, 7) is 6.65. The predicted molar refractivity (Wildman–Crippen MR) is 275 cm³/mol. The number of hydrogen-bond donors (Lipinski definition) is 0. The van der Waals surface area contributed by atoms with Crippen molar-refractivity contribution >= 4 is 17.9 Å². The van der Waals surface area contributed by atoms with Gasteiger partial charge in [-0.15, -0.1) is 0 Å². The lowest BCUT2D eigenvalue weighted by atomic mass is 10.1. The number of ether oxygens (including phenoxy) is 3. The van der Waals surface area contributed by atoms with Gasteiger partial charge in [0.1, 0.15) is 13.2 Å². The van der Waals surface area contributed by atoms with Crippen LogP contribution in [0, 0.1) is 0 Å². The summed E-state index contributed by atoms with van der Waals surface area (Å²) < 4.78 is 16.8. The Morgan fingerprint density at radius 2 is 0.516 bits per heavy atom. The molecule has 0 fully saturated rings. The molecule has 0 aliphatic heterocycles. The van der Waals surface area contributed by atoms with Crippen molar-refractivity contribution in [3.05, 3.63) is 24.3 Å². The van der Waals surface area contributed by atoms with Crippen LogP contribution in [0.15, 0.2) is 24.3 Å². The summed E-state index contributed by atoms with van der Waals surface area (Å²) in [5, 5.41) is 0. The number of unbranched alkanes of at least 4 members (excludes halogenated alkanes) is 37. The van der Waals surface area contributed by atoms with E-state index in [0.29, 0.717) is 19.3 Å². The van der Waals surface area contributed by atoms with Gasteiger partial charge >= 0.3 is 17.9 Å². The highest BCUT2D eigenvalue weighted by Gasteiger charge is 2.19. The van der Waals surface area contributed by atoms with Crippen LogP contribution in [0.1, 0.15) is 310 Å². The summed E-state index contributed by atoms with van der Waals surface area (Å²) in [6.07, 6.45) is 61.7. The maximum Gasteiger partial charge on any atom is 0.306 e. The molecule has 0 aromatic rings. The summed E-state index contributed by atoms with van der Waals surface area (Å²) in [4.78, 5) is 38.0. The van der Waals surface area contributed by atoms with E-state index in [0.717, 1.165) is 64.2 Å². The molecule has 0 heterocycles. The van der Waals surface area contributed by atoms with Crippen molar-refractivity contribution in [2.75, 3.05) is 13.2 Å². The van der Waals surface area contributed by atoms with Gasteiger partial charge in [0.05, 0.1) is 0 Å². The Bertz CT molecular complexity index is 1040. The van der Waals surface area contributed by atoms with Gasteiger partial charge in [-0.1, -0.05) is 244 Å². The third-order valence-electron chi connectivity index (χ3n) is 12.7. The number of carbonyl (C=O) groups is 3. The highest BCUT2D eigenvalue weighted by atomic mass is 16.6. The van der Waals surface area contributed by atoms with Crippen LogP contribution in [-0.4, -0.2) is 37.2 Å². The Hall–Kier alpha value is -2.11. The second-order valence-corrected chi connectivity index (χ2v) is 19.2. The van der Waals surface area contributed by atoms with Gasteiger partial charge in [-0.05, 0) is 70.6 Å². The molecule has 0 aliphatic carbocycles. The van der Waals surface area contributed by atoms with Gasteiger partial charge in [0.25, 0.3) is 0 Å². The van der Waals surface area contributed by atoms with Crippen LogP contribution in [0.4, 0.5) is 0 Å². The number of allylic oxidation sites excluding steroid dienone is 4. The normalized spacial score (nSPS) is 12.1. The van der Waals surface area contributed by atoms with Gasteiger partial charge < -0.3 is 14.2 Å². The van der Waals surface area contributed by atoms with Crippen LogP contribution >= 0.6 is 0 Å². The second-order valence-electron chi connectivity index (χ2n) is 19.2. The zero-order chi connectivity index (χ0) is 46.5. The summed E-state index contributed by atoms with van der Waals surface area (Å²) in [5.74, 6) is -0.867. The molecule has 0 aliphatic rings. The number of carbonyl (C=O) groups excluding carboxylic acids is 3. The molecule has 6 nitrogen and oxygen atoms in total. The minimum absolute atomic E-state index is 0.0714. The molecular weight excluding hydrogens is 793 g/mol. The molecule has 0 N–H and O–H groups in total. The Balaban J connectivity index is 4.26. The highest BCUT2D eigenvalue weighted by Crippen LogP contribution is 2.16. The zero-order valence-corrected chi connectivity index (χ0v) is 43.1. The fraction of sp³-hybridized carbons (Fsp3) is 0.879. The summed E-state index contributed by atoms with van der Waals surface area (Å²) in [7, 11) is 0. The highest BCUT2D eigenvalue weighted by molar-refractivity contribution is 5.71. The quantitative estimate of drug-likeness (QED) is 0.0262. The fourth-order valence-electron chi connectivity index (χ4n) is 8.37. The second kappa shape index (κ2) is 53.5. The summed E-state index contributed by atoms with van der Waals surface area (Å²) in [5.41, 5.74) is 0. The van der Waals surface area contributed by atoms with E-state index in [4.69, 9.17) is 14.2 Å². The van der Waals surface area contributed by atoms with Crippen LogP contribution in [0.5, 0.6) is 0 Å². The number of esters is 3. The van der Waals surface area contributed by atoms with Gasteiger partial charge in [0, 0.05) is 19.3 Å². The van der Waals surface area contributed by atoms with E-state index in [-0.39, 0.29) is 31.1 Å². The maximum atomic E-state index is 12.8. The van der Waals surface area contributed by atoms with Crippen LogP contribution in [-0.2, 0) is 28.6 Å². The predicted octanol–water partition coefficient (Wildman–Crippen LogP) is 18.7. The van der Waals surface area contributed by atoms with E-state index in [9.17, 15) is 14.4 Å². The van der Waals surface area contributed by atoms with E-state index in [1.807, 2.05) is 0 Å². The SMILES string of the molecule is CCCCCCCC/C=C\CCCCCCCC(=O)OC(COC(=O)CCCCCCCCCCCC)COC(=O)CCCCCCCCCCC/C=C\CCCCCCCCCC. The van der Waals surface area contributed by atoms with E-state index >= 15 is 0 Å². The molecule has 64 heavy (non-hydrogen) atoms. The Morgan fingerprint density at radius 3 is 0.781 bits per heavy atom. The standard InChI is InChI=1S/C58H108O6/c1-4-7-10-13-16-19-22-24-26-27-28-29-30-31-33-34-36-39-42-45-48-51-57(60)63-54-55(53-62-56(59)50-47-44-41-38-21-18-15-12-9-6-3)64-58(61)52-49-46-43-40-37-35-32-25-23-20-17-14-11-8-5-2/h25,27-28,32,55H,4-24,26,29-31,33-54H2,1-3H3/b28-27-,32-25-. The minimum atomic E-state index is -0.771. The first kappa shape index (κ1) is 61.9. The van der Waals surface area contributed by atoms with Crippen molar-refractivity contribution in [1.82, 2.24) is 0 Å². The van der Waals surface area contributed by atoms with E-state index in [1.165, 1.54) is 205 Å². The van der Waals surface area contributed by atoms with Crippen molar-refractivity contribution < 1.29 is 28.6 Å². The van der Waals surface area contributed by atoms with Crippen molar-refractivity contribution in [3.8, 4) is 0 Å². The molecule has 0 aromatic heterocycles. The fourth-order valence-corrected chi connectivity index (χ4v) is 8.37. The molecule has 1 unspecified atom stereocenters. The number of hydrogen-bond acceptors (Lipinski definition) is 6. The average Bonchev–Trinajstić information content (AvgIpc) is 3.29. The maximum absolute atomic E-state index is 12.8. The minimum Gasteiger partial charge on any atom is -0.462 e. The van der Waals surface area contributed by atoms with Gasteiger partial charge in [0.15, 0.2) is 6.10 Å². The topological polar surface area (TPSA) is 78.9 Å². The largest absolute Gasteiger partial charge is 0.462 e.